The molecule has 1 aromatic rings. The van der Waals surface area contributed by atoms with E-state index in [0.717, 1.165) is 6.42 Å². The van der Waals surface area contributed by atoms with Gasteiger partial charge in [-0.15, -0.1) is 23.2 Å². The Morgan fingerprint density at radius 1 is 1.00 bits per heavy atom. The van der Waals surface area contributed by atoms with Crippen molar-refractivity contribution in [1.29, 1.82) is 0 Å². The Labute approximate surface area is 142 Å². The van der Waals surface area contributed by atoms with Gasteiger partial charge in [0.05, 0.1) is 33.8 Å². The third kappa shape index (κ3) is 1.90. The first-order chi connectivity index (χ1) is 10.9. The lowest BCUT2D eigenvalue weighted by Crippen LogP contribution is -2.37. The summed E-state index contributed by atoms with van der Waals surface area (Å²) in [5.41, 5.74) is 0.505. The molecular weight excluding hydrogens is 341 g/mol. The molecular formula is C16H13Cl2NO4. The number of halogens is 2. The molecule has 2 aliphatic carbocycles. The maximum Gasteiger partial charge on any atom is 0.335 e. The molecule has 0 unspecified atom stereocenters. The standard InChI is InChI=1S/C16H13Cl2NO4/c17-12-8-5-9(13(12)18)11-10(8)14(20)19(15(11)21)7-3-1-6(2-4-7)16(22)23/h1-4,8-13H,5H2,(H,22,23)/t8-,9+,10-,11+,12-,13+. The lowest BCUT2D eigenvalue weighted by molar-refractivity contribution is -0.123. The maximum atomic E-state index is 12.7. The van der Waals surface area contributed by atoms with Gasteiger partial charge in [0.15, 0.2) is 0 Å². The summed E-state index contributed by atoms with van der Waals surface area (Å²) in [4.78, 5) is 37.6. The van der Waals surface area contributed by atoms with E-state index in [9.17, 15) is 14.4 Å². The number of fused-ring (bicyclic) bond motifs is 5. The van der Waals surface area contributed by atoms with Crippen LogP contribution < -0.4 is 4.90 Å². The van der Waals surface area contributed by atoms with Crippen molar-refractivity contribution in [1.82, 2.24) is 0 Å². The molecule has 23 heavy (non-hydrogen) atoms. The van der Waals surface area contributed by atoms with Gasteiger partial charge < -0.3 is 5.11 Å². The monoisotopic (exact) mass is 353 g/mol. The van der Waals surface area contributed by atoms with Gasteiger partial charge in [-0.05, 0) is 42.5 Å². The van der Waals surface area contributed by atoms with Gasteiger partial charge in [0.2, 0.25) is 11.8 Å². The average molecular weight is 354 g/mol. The van der Waals surface area contributed by atoms with E-state index >= 15 is 0 Å². The van der Waals surface area contributed by atoms with Crippen LogP contribution in [0.4, 0.5) is 5.69 Å². The number of anilines is 1. The van der Waals surface area contributed by atoms with E-state index < -0.39 is 17.8 Å². The Morgan fingerprint density at radius 3 is 1.91 bits per heavy atom. The number of carbonyl (C=O) groups excluding carboxylic acids is 2. The van der Waals surface area contributed by atoms with Gasteiger partial charge in [0.25, 0.3) is 0 Å². The highest BCUT2D eigenvalue weighted by molar-refractivity contribution is 6.32. The van der Waals surface area contributed by atoms with Crippen LogP contribution in [0, 0.1) is 23.7 Å². The minimum absolute atomic E-state index is 0.0612. The Morgan fingerprint density at radius 2 is 1.48 bits per heavy atom. The van der Waals surface area contributed by atoms with Crippen molar-refractivity contribution in [2.45, 2.75) is 17.2 Å². The summed E-state index contributed by atoms with van der Waals surface area (Å²) < 4.78 is 0. The van der Waals surface area contributed by atoms with Crippen LogP contribution in [0.3, 0.4) is 0 Å². The van der Waals surface area contributed by atoms with Crippen LogP contribution in [0.5, 0.6) is 0 Å². The zero-order valence-electron chi connectivity index (χ0n) is 11.9. The SMILES string of the molecule is O=C(O)c1ccc(N2C(=O)[C@@H]3[C@H]4C[C@H]([C@H](Cl)[C@@H]4Cl)[C@@H]3C2=O)cc1. The first kappa shape index (κ1) is 15.0. The van der Waals surface area contributed by atoms with Gasteiger partial charge in [-0.25, -0.2) is 4.79 Å². The fourth-order valence-electron chi connectivity index (χ4n) is 4.36. The zero-order chi connectivity index (χ0) is 16.5. The third-order valence-electron chi connectivity index (χ3n) is 5.36. The molecule has 3 fully saturated rings. The highest BCUT2D eigenvalue weighted by Gasteiger charge is 2.66. The summed E-state index contributed by atoms with van der Waals surface area (Å²) in [6.07, 6.45) is 0.723. The molecule has 2 bridgehead atoms. The van der Waals surface area contributed by atoms with Crippen LogP contribution in [0.15, 0.2) is 24.3 Å². The molecule has 2 saturated carbocycles. The largest absolute Gasteiger partial charge is 0.478 e. The lowest BCUT2D eigenvalue weighted by Gasteiger charge is -2.28. The number of imide groups is 1. The number of carboxylic acid groups (broad SMARTS) is 1. The van der Waals surface area contributed by atoms with Crippen LogP contribution in [0.2, 0.25) is 0 Å². The summed E-state index contributed by atoms with van der Waals surface area (Å²) in [6.45, 7) is 0. The first-order valence-corrected chi connectivity index (χ1v) is 8.28. The van der Waals surface area contributed by atoms with E-state index in [1.165, 1.54) is 29.2 Å². The van der Waals surface area contributed by atoms with E-state index in [2.05, 4.69) is 0 Å². The first-order valence-electron chi connectivity index (χ1n) is 7.41. The summed E-state index contributed by atoms with van der Waals surface area (Å²) in [5, 5.41) is 8.37. The Hall–Kier alpha value is -1.59. The van der Waals surface area contributed by atoms with Crippen molar-refractivity contribution in [3.05, 3.63) is 29.8 Å². The predicted octanol–water partition coefficient (Wildman–Crippen LogP) is 2.35. The molecule has 6 atom stereocenters. The van der Waals surface area contributed by atoms with Crippen molar-refractivity contribution in [3.63, 3.8) is 0 Å². The molecule has 3 aliphatic rings. The molecule has 0 spiro atoms. The van der Waals surface area contributed by atoms with Gasteiger partial charge in [-0.1, -0.05) is 0 Å². The van der Waals surface area contributed by atoms with Gasteiger partial charge in [0, 0.05) is 0 Å². The molecule has 1 saturated heterocycles. The summed E-state index contributed by atoms with van der Waals surface area (Å²) >= 11 is 12.6. The minimum Gasteiger partial charge on any atom is -0.478 e. The topological polar surface area (TPSA) is 74.7 Å². The molecule has 7 heteroatoms. The normalized spacial score (nSPS) is 38.3. The number of hydrogen-bond acceptors (Lipinski definition) is 3. The maximum absolute atomic E-state index is 12.7. The second kappa shape index (κ2) is 4.95. The number of carbonyl (C=O) groups is 3. The summed E-state index contributed by atoms with van der Waals surface area (Å²) in [7, 11) is 0. The molecule has 1 N–H and O–H groups in total. The third-order valence-corrected chi connectivity index (χ3v) is 6.68. The number of carboxylic acids is 1. The van der Waals surface area contributed by atoms with Crippen LogP contribution in [0.1, 0.15) is 16.8 Å². The number of aromatic carboxylic acids is 1. The van der Waals surface area contributed by atoms with Crippen LogP contribution in [0.25, 0.3) is 0 Å². The van der Waals surface area contributed by atoms with E-state index in [4.69, 9.17) is 28.3 Å². The molecule has 1 heterocycles. The molecule has 5 nitrogen and oxygen atoms in total. The molecule has 0 aromatic heterocycles. The van der Waals surface area contributed by atoms with E-state index in [-0.39, 0.29) is 40.0 Å². The quantitative estimate of drug-likeness (QED) is 0.654. The number of rotatable bonds is 2. The lowest BCUT2D eigenvalue weighted by atomic mass is 9.80. The number of amides is 2. The fraction of sp³-hybridized carbons (Fsp3) is 0.438. The summed E-state index contributed by atoms with van der Waals surface area (Å²) in [6, 6.07) is 5.74. The van der Waals surface area contributed by atoms with Crippen molar-refractivity contribution in [2.24, 2.45) is 23.7 Å². The van der Waals surface area contributed by atoms with Gasteiger partial charge in [-0.2, -0.15) is 0 Å². The van der Waals surface area contributed by atoms with Gasteiger partial charge in [-0.3, -0.25) is 14.5 Å². The molecule has 1 aliphatic heterocycles. The Kier molecular flexibility index (Phi) is 3.22. The van der Waals surface area contributed by atoms with Crippen LogP contribution >= 0.6 is 23.2 Å². The second-order valence-electron chi connectivity index (χ2n) is 6.37. The van der Waals surface area contributed by atoms with E-state index in [0.29, 0.717) is 5.69 Å². The summed E-state index contributed by atoms with van der Waals surface area (Å²) in [5.74, 6) is -2.47. The second-order valence-corrected chi connectivity index (χ2v) is 7.38. The number of alkyl halides is 2. The van der Waals surface area contributed by atoms with Crippen molar-refractivity contribution >= 4 is 46.7 Å². The number of hydrogen-bond donors (Lipinski definition) is 1. The fourth-order valence-corrected chi connectivity index (χ4v) is 5.25. The predicted molar refractivity (Wildman–Crippen MR) is 83.8 cm³/mol. The van der Waals surface area contributed by atoms with E-state index in [1.807, 2.05) is 0 Å². The van der Waals surface area contributed by atoms with Crippen LogP contribution in [-0.4, -0.2) is 33.6 Å². The number of nitrogens with zero attached hydrogens (tertiary/aromatic N) is 1. The van der Waals surface area contributed by atoms with Crippen molar-refractivity contribution < 1.29 is 19.5 Å². The average Bonchev–Trinajstić information content (AvgIpc) is 3.12. The van der Waals surface area contributed by atoms with Gasteiger partial charge >= 0.3 is 5.97 Å². The highest BCUT2D eigenvalue weighted by Crippen LogP contribution is 2.59. The minimum atomic E-state index is -1.06. The van der Waals surface area contributed by atoms with Crippen LogP contribution in [-0.2, 0) is 9.59 Å². The zero-order valence-corrected chi connectivity index (χ0v) is 13.4. The van der Waals surface area contributed by atoms with Gasteiger partial charge in [0.1, 0.15) is 0 Å². The Balaban J connectivity index is 1.68. The molecule has 4 rings (SSSR count). The molecule has 2 amide bonds. The molecule has 0 radical (unpaired) electrons. The van der Waals surface area contributed by atoms with Crippen molar-refractivity contribution in [3.8, 4) is 0 Å². The van der Waals surface area contributed by atoms with Crippen molar-refractivity contribution in [2.75, 3.05) is 4.90 Å². The number of benzene rings is 1. The molecule has 1 aromatic carbocycles. The molecule has 120 valence electrons. The Bertz CT molecular complexity index is 687. The smallest absolute Gasteiger partial charge is 0.335 e. The van der Waals surface area contributed by atoms with E-state index in [1.54, 1.807) is 0 Å². The highest BCUT2D eigenvalue weighted by atomic mass is 35.5.